The van der Waals surface area contributed by atoms with Crippen molar-refractivity contribution in [1.29, 1.82) is 0 Å². The number of nitrogens with one attached hydrogen (secondary N) is 1. The van der Waals surface area contributed by atoms with Crippen molar-refractivity contribution in [3.8, 4) is 0 Å². The van der Waals surface area contributed by atoms with Gasteiger partial charge in [0.1, 0.15) is 12.0 Å². The van der Waals surface area contributed by atoms with Crippen LogP contribution in [0.25, 0.3) is 10.2 Å². The maximum absolute atomic E-state index is 12.7. The topological polar surface area (TPSA) is 90.7 Å². The number of methoxy groups -OCH3 is 1. The Balaban J connectivity index is 1.44. The molecule has 1 aromatic carbocycles. The number of ether oxygens (including phenoxy) is 2. The standard InChI is InChI=1S/C20H20N2O5S2/c1-25-7-8-26-11-28-20-22-14-6-5-12(9-17(14)29-20)21-19(24)13-10-27-16-4-2-3-15(23)18(13)16/h5-6,9-10H,2-4,7-8,11H2,1H3,(H,21,24). The number of benzene rings is 1. The Morgan fingerprint density at radius 1 is 1.34 bits per heavy atom. The molecule has 4 rings (SSSR count). The van der Waals surface area contributed by atoms with Gasteiger partial charge in [-0.3, -0.25) is 9.59 Å². The number of thioether (sulfide) groups is 1. The Kier molecular flexibility index (Phi) is 6.29. The van der Waals surface area contributed by atoms with Gasteiger partial charge in [-0.05, 0) is 24.6 Å². The zero-order valence-corrected chi connectivity index (χ0v) is 17.5. The molecular formula is C20H20N2O5S2. The minimum absolute atomic E-state index is 0.0301. The van der Waals surface area contributed by atoms with Crippen molar-refractivity contribution in [2.24, 2.45) is 0 Å². The third-order valence-electron chi connectivity index (χ3n) is 4.52. The Labute approximate surface area is 175 Å². The van der Waals surface area contributed by atoms with Crippen molar-refractivity contribution in [3.05, 3.63) is 41.3 Å². The van der Waals surface area contributed by atoms with Gasteiger partial charge in [0.25, 0.3) is 5.91 Å². The smallest absolute Gasteiger partial charge is 0.259 e. The molecule has 0 saturated carbocycles. The summed E-state index contributed by atoms with van der Waals surface area (Å²) in [5.74, 6) is 0.748. The van der Waals surface area contributed by atoms with Gasteiger partial charge in [0.2, 0.25) is 0 Å². The number of carbonyl (C=O) groups is 2. The molecule has 152 valence electrons. The lowest BCUT2D eigenvalue weighted by molar-refractivity contribution is 0.0953. The molecular weight excluding hydrogens is 412 g/mol. The monoisotopic (exact) mass is 432 g/mol. The number of hydrogen-bond donors (Lipinski definition) is 1. The summed E-state index contributed by atoms with van der Waals surface area (Å²) >= 11 is 3.06. The summed E-state index contributed by atoms with van der Waals surface area (Å²) in [7, 11) is 1.64. The average Bonchev–Trinajstić information content (AvgIpc) is 3.32. The van der Waals surface area contributed by atoms with Gasteiger partial charge in [0, 0.05) is 25.6 Å². The zero-order chi connectivity index (χ0) is 20.2. The summed E-state index contributed by atoms with van der Waals surface area (Å²) in [6.07, 6.45) is 3.29. The molecule has 0 bridgehead atoms. The largest absolute Gasteiger partial charge is 0.468 e. The van der Waals surface area contributed by atoms with Crippen LogP contribution in [0.4, 0.5) is 5.69 Å². The summed E-state index contributed by atoms with van der Waals surface area (Å²) in [6, 6.07) is 5.56. The first-order chi connectivity index (χ1) is 14.2. The normalized spacial score (nSPS) is 13.6. The summed E-state index contributed by atoms with van der Waals surface area (Å²) in [4.78, 5) is 29.4. The molecule has 9 heteroatoms. The number of Topliss-reactive ketones (excluding diaryl/α,β-unsaturated/α-hetero) is 1. The molecule has 1 aliphatic rings. The summed E-state index contributed by atoms with van der Waals surface area (Å²) in [5, 5.41) is 2.87. The molecule has 1 amide bonds. The number of aryl methyl sites for hydroxylation is 1. The van der Waals surface area contributed by atoms with Gasteiger partial charge in [0.05, 0.1) is 40.5 Å². The third-order valence-corrected chi connectivity index (χ3v) is 6.56. The Morgan fingerprint density at radius 2 is 2.24 bits per heavy atom. The van der Waals surface area contributed by atoms with Crippen LogP contribution in [0.1, 0.15) is 39.3 Å². The number of furan rings is 1. The highest BCUT2D eigenvalue weighted by molar-refractivity contribution is 8.01. The van der Waals surface area contributed by atoms with Gasteiger partial charge in [-0.1, -0.05) is 11.8 Å². The van der Waals surface area contributed by atoms with Crippen molar-refractivity contribution in [2.75, 3.05) is 31.6 Å². The van der Waals surface area contributed by atoms with Crippen LogP contribution in [0.5, 0.6) is 0 Å². The fourth-order valence-corrected chi connectivity index (χ4v) is 4.97. The highest BCUT2D eigenvalue weighted by atomic mass is 32.2. The number of rotatable bonds is 8. The summed E-state index contributed by atoms with van der Waals surface area (Å²) in [6.45, 7) is 1.11. The lowest BCUT2D eigenvalue weighted by Crippen LogP contribution is -2.17. The van der Waals surface area contributed by atoms with E-state index >= 15 is 0 Å². The molecule has 0 aliphatic heterocycles. The van der Waals surface area contributed by atoms with E-state index in [1.54, 1.807) is 13.2 Å². The van der Waals surface area contributed by atoms with Crippen molar-refractivity contribution < 1.29 is 23.5 Å². The predicted octanol–water partition coefficient (Wildman–Crippen LogP) is 4.37. The second kappa shape index (κ2) is 9.08. The third kappa shape index (κ3) is 4.53. The molecule has 2 heterocycles. The SMILES string of the molecule is COCCOCSc1nc2ccc(NC(=O)c3coc4c3C(=O)CCC4)cc2s1. The number of amides is 1. The first-order valence-electron chi connectivity index (χ1n) is 9.20. The molecule has 0 saturated heterocycles. The minimum atomic E-state index is -0.338. The van der Waals surface area contributed by atoms with Gasteiger partial charge in [-0.15, -0.1) is 11.3 Å². The van der Waals surface area contributed by atoms with Crippen LogP contribution in [0.15, 0.2) is 33.2 Å². The average molecular weight is 433 g/mol. The van der Waals surface area contributed by atoms with E-state index in [1.165, 1.54) is 29.4 Å². The maximum atomic E-state index is 12.7. The Hall–Kier alpha value is -2.20. The van der Waals surface area contributed by atoms with Gasteiger partial charge in [0.15, 0.2) is 10.1 Å². The second-order valence-corrected chi connectivity index (χ2v) is 8.70. The lowest BCUT2D eigenvalue weighted by Gasteiger charge is -2.10. The molecule has 3 aromatic rings. The molecule has 1 aliphatic carbocycles. The van der Waals surface area contributed by atoms with E-state index in [1.807, 2.05) is 12.1 Å². The number of nitrogens with zero attached hydrogens (tertiary/aromatic N) is 1. The maximum Gasteiger partial charge on any atom is 0.259 e. The fourth-order valence-electron chi connectivity index (χ4n) is 3.12. The highest BCUT2D eigenvalue weighted by Gasteiger charge is 2.27. The summed E-state index contributed by atoms with van der Waals surface area (Å²) in [5.41, 5.74) is 2.25. The van der Waals surface area contributed by atoms with Crippen molar-refractivity contribution in [1.82, 2.24) is 4.98 Å². The van der Waals surface area contributed by atoms with Gasteiger partial charge >= 0.3 is 0 Å². The molecule has 0 spiro atoms. The first-order valence-corrected chi connectivity index (χ1v) is 11.0. The molecule has 0 fully saturated rings. The lowest BCUT2D eigenvalue weighted by atomic mass is 9.94. The van der Waals surface area contributed by atoms with Crippen LogP contribution < -0.4 is 5.32 Å². The van der Waals surface area contributed by atoms with Gasteiger partial charge < -0.3 is 19.2 Å². The number of hydrogen-bond acceptors (Lipinski definition) is 8. The van der Waals surface area contributed by atoms with Gasteiger partial charge in [-0.25, -0.2) is 4.98 Å². The number of thiazole rings is 1. The molecule has 7 nitrogen and oxygen atoms in total. The first kappa shape index (κ1) is 20.1. The minimum Gasteiger partial charge on any atom is -0.468 e. The quantitative estimate of drug-likeness (QED) is 0.321. The highest BCUT2D eigenvalue weighted by Crippen LogP contribution is 2.32. The zero-order valence-electron chi connectivity index (χ0n) is 15.9. The van der Waals surface area contributed by atoms with E-state index in [9.17, 15) is 9.59 Å². The van der Waals surface area contributed by atoms with Gasteiger partial charge in [-0.2, -0.15) is 0 Å². The van der Waals surface area contributed by atoms with Crippen LogP contribution in [0, 0.1) is 0 Å². The van der Waals surface area contributed by atoms with E-state index in [0.717, 1.165) is 21.0 Å². The van der Waals surface area contributed by atoms with Crippen LogP contribution in [0.2, 0.25) is 0 Å². The molecule has 29 heavy (non-hydrogen) atoms. The van der Waals surface area contributed by atoms with E-state index in [-0.39, 0.29) is 11.7 Å². The Bertz CT molecular complexity index is 1040. The number of ketones is 1. The van der Waals surface area contributed by atoms with E-state index in [0.29, 0.717) is 54.6 Å². The molecule has 0 unspecified atom stereocenters. The summed E-state index contributed by atoms with van der Waals surface area (Å²) < 4.78 is 17.7. The van der Waals surface area contributed by atoms with E-state index in [4.69, 9.17) is 13.9 Å². The van der Waals surface area contributed by atoms with Crippen LogP contribution in [-0.2, 0) is 15.9 Å². The molecule has 2 aromatic heterocycles. The van der Waals surface area contributed by atoms with Crippen molar-refractivity contribution in [3.63, 3.8) is 0 Å². The number of fused-ring (bicyclic) bond motifs is 2. The van der Waals surface area contributed by atoms with Crippen molar-refractivity contribution >= 4 is 50.7 Å². The number of carbonyl (C=O) groups excluding carboxylic acids is 2. The van der Waals surface area contributed by atoms with Crippen LogP contribution in [-0.4, -0.2) is 42.9 Å². The van der Waals surface area contributed by atoms with Crippen molar-refractivity contribution in [2.45, 2.75) is 23.6 Å². The molecule has 0 atom stereocenters. The molecule has 0 radical (unpaired) electrons. The van der Waals surface area contributed by atoms with Crippen LogP contribution >= 0.6 is 23.1 Å². The number of aromatic nitrogens is 1. The van der Waals surface area contributed by atoms with Crippen LogP contribution in [0.3, 0.4) is 0 Å². The number of anilines is 1. The molecule has 1 N–H and O–H groups in total. The second-order valence-electron chi connectivity index (χ2n) is 6.50. The fraction of sp³-hybridized carbons (Fsp3) is 0.350. The Morgan fingerprint density at radius 3 is 3.10 bits per heavy atom. The van der Waals surface area contributed by atoms with E-state index < -0.39 is 0 Å². The predicted molar refractivity (Wildman–Crippen MR) is 112 cm³/mol. The van der Waals surface area contributed by atoms with E-state index in [2.05, 4.69) is 10.3 Å².